The van der Waals surface area contributed by atoms with E-state index in [0.29, 0.717) is 11.9 Å². The molecule has 0 amide bonds. The number of nitrogens with two attached hydrogens (primary N) is 1. The van der Waals surface area contributed by atoms with Crippen molar-refractivity contribution in [3.05, 3.63) is 24.2 Å². The highest BCUT2D eigenvalue weighted by Crippen LogP contribution is 2.32. The first-order valence-corrected chi connectivity index (χ1v) is 7.44. The van der Waals surface area contributed by atoms with Gasteiger partial charge >= 0.3 is 0 Å². The van der Waals surface area contributed by atoms with E-state index in [-0.39, 0.29) is 0 Å². The first-order chi connectivity index (χ1) is 10.2. The summed E-state index contributed by atoms with van der Waals surface area (Å²) in [5.74, 6) is 0.723. The van der Waals surface area contributed by atoms with Crippen LogP contribution < -0.4 is 5.73 Å². The monoisotopic (exact) mass is 289 g/mol. The van der Waals surface area contributed by atoms with Crippen molar-refractivity contribution in [2.24, 2.45) is 7.05 Å². The molecule has 1 aliphatic rings. The minimum absolute atomic E-state index is 0.291. The van der Waals surface area contributed by atoms with Gasteiger partial charge < -0.3 is 10.5 Å². The molecule has 0 spiro atoms. The van der Waals surface area contributed by atoms with Gasteiger partial charge in [0, 0.05) is 44.1 Å². The first-order valence-electron chi connectivity index (χ1n) is 7.44. The van der Waals surface area contributed by atoms with Crippen LogP contribution in [0.3, 0.4) is 0 Å². The van der Waals surface area contributed by atoms with Gasteiger partial charge in [0.15, 0.2) is 0 Å². The van der Waals surface area contributed by atoms with Crippen molar-refractivity contribution in [2.75, 3.05) is 18.9 Å². The summed E-state index contributed by atoms with van der Waals surface area (Å²) in [6.07, 6.45) is 5.68. The maximum atomic E-state index is 5.66. The molecule has 3 rings (SSSR count). The Kier molecular flexibility index (Phi) is 5.27. The molecule has 1 saturated heterocycles. The summed E-state index contributed by atoms with van der Waals surface area (Å²) in [6, 6.07) is 1.87. The van der Waals surface area contributed by atoms with E-state index in [9.17, 15) is 0 Å². The molecule has 114 valence electrons. The van der Waals surface area contributed by atoms with Gasteiger partial charge in [0.05, 0.1) is 11.4 Å². The van der Waals surface area contributed by atoms with Crippen LogP contribution in [0.1, 0.15) is 38.3 Å². The van der Waals surface area contributed by atoms with Crippen LogP contribution in [0.2, 0.25) is 0 Å². The number of hydrogen-bond acceptors (Lipinski definition) is 5. The average molecular weight is 289 g/mol. The molecular formula is C15H23N5O. The Bertz CT molecular complexity index is 575. The number of aromatic nitrogens is 4. The van der Waals surface area contributed by atoms with Gasteiger partial charge in [-0.25, -0.2) is 9.97 Å². The van der Waals surface area contributed by atoms with Crippen LogP contribution >= 0.6 is 0 Å². The third-order valence-electron chi connectivity index (χ3n) is 3.42. The summed E-state index contributed by atoms with van der Waals surface area (Å²) < 4.78 is 7.24. The normalized spacial score (nSPS) is 15.4. The van der Waals surface area contributed by atoms with Crippen LogP contribution in [-0.4, -0.2) is 33.0 Å². The van der Waals surface area contributed by atoms with E-state index < -0.39 is 0 Å². The van der Waals surface area contributed by atoms with E-state index in [1.54, 1.807) is 6.20 Å². The highest BCUT2D eigenvalue weighted by molar-refractivity contribution is 5.62. The molecule has 2 N–H and O–H groups in total. The number of aryl methyl sites for hydroxylation is 1. The second kappa shape index (κ2) is 7.17. The van der Waals surface area contributed by atoms with Crippen molar-refractivity contribution in [3.8, 4) is 11.3 Å². The van der Waals surface area contributed by atoms with Gasteiger partial charge in [-0.1, -0.05) is 13.8 Å². The van der Waals surface area contributed by atoms with Gasteiger partial charge in [0.25, 0.3) is 0 Å². The summed E-state index contributed by atoms with van der Waals surface area (Å²) in [4.78, 5) is 8.23. The van der Waals surface area contributed by atoms with Crippen LogP contribution in [0.15, 0.2) is 18.5 Å². The van der Waals surface area contributed by atoms with Gasteiger partial charge in [-0.15, -0.1) is 0 Å². The van der Waals surface area contributed by atoms with Crippen LogP contribution in [0.4, 0.5) is 5.95 Å². The Hall–Kier alpha value is -1.95. The molecule has 0 aromatic carbocycles. The largest absolute Gasteiger partial charge is 0.381 e. The molecule has 2 aromatic rings. The van der Waals surface area contributed by atoms with Crippen molar-refractivity contribution < 1.29 is 4.74 Å². The SMILES string of the molecule is CC.Cn1cc(-c2ccnc(N)n2)c(C2CCOCC2)n1. The summed E-state index contributed by atoms with van der Waals surface area (Å²) in [6.45, 7) is 5.60. The molecular weight excluding hydrogens is 266 g/mol. The van der Waals surface area contributed by atoms with Gasteiger partial charge in [-0.2, -0.15) is 5.10 Å². The van der Waals surface area contributed by atoms with Gasteiger partial charge in [0.2, 0.25) is 5.95 Å². The Balaban J connectivity index is 0.000000774. The van der Waals surface area contributed by atoms with Crippen LogP contribution in [0, 0.1) is 0 Å². The molecule has 0 bridgehead atoms. The van der Waals surface area contributed by atoms with Crippen LogP contribution in [0.5, 0.6) is 0 Å². The van der Waals surface area contributed by atoms with Crippen molar-refractivity contribution >= 4 is 5.95 Å². The van der Waals surface area contributed by atoms with Crippen molar-refractivity contribution in [3.63, 3.8) is 0 Å². The fraction of sp³-hybridized carbons (Fsp3) is 0.533. The summed E-state index contributed by atoms with van der Waals surface area (Å²) in [5.41, 5.74) is 8.63. The molecule has 6 nitrogen and oxygen atoms in total. The van der Waals surface area contributed by atoms with Gasteiger partial charge in [-0.05, 0) is 18.9 Å². The molecule has 1 fully saturated rings. The Labute approximate surface area is 125 Å². The van der Waals surface area contributed by atoms with Crippen molar-refractivity contribution in [1.82, 2.24) is 19.7 Å². The zero-order chi connectivity index (χ0) is 15.2. The third-order valence-corrected chi connectivity index (χ3v) is 3.42. The van der Waals surface area contributed by atoms with E-state index in [2.05, 4.69) is 15.1 Å². The van der Waals surface area contributed by atoms with Gasteiger partial charge in [0.1, 0.15) is 0 Å². The minimum Gasteiger partial charge on any atom is -0.381 e. The van der Waals surface area contributed by atoms with Crippen molar-refractivity contribution in [2.45, 2.75) is 32.6 Å². The topological polar surface area (TPSA) is 78.9 Å². The smallest absolute Gasteiger partial charge is 0.220 e. The standard InChI is InChI=1S/C13H17N5O.C2H6/c1-18-8-10(11-2-5-15-13(14)16-11)12(17-18)9-3-6-19-7-4-9;1-2/h2,5,8-9H,3-4,6-7H2,1H3,(H2,14,15,16);1-2H3. The lowest BCUT2D eigenvalue weighted by Crippen LogP contribution is -2.15. The maximum absolute atomic E-state index is 5.66. The van der Waals surface area contributed by atoms with E-state index in [1.807, 2.05) is 37.8 Å². The van der Waals surface area contributed by atoms with E-state index in [0.717, 1.165) is 43.0 Å². The van der Waals surface area contributed by atoms with Crippen molar-refractivity contribution in [1.29, 1.82) is 0 Å². The maximum Gasteiger partial charge on any atom is 0.220 e. The molecule has 0 aliphatic carbocycles. The second-order valence-electron chi connectivity index (χ2n) is 4.79. The number of hydrogen-bond donors (Lipinski definition) is 1. The highest BCUT2D eigenvalue weighted by Gasteiger charge is 2.23. The molecule has 21 heavy (non-hydrogen) atoms. The predicted octanol–water partition coefficient (Wildman–Crippen LogP) is 2.38. The second-order valence-corrected chi connectivity index (χ2v) is 4.79. The first kappa shape index (κ1) is 15.4. The molecule has 0 unspecified atom stereocenters. The van der Waals surface area contributed by atoms with E-state index in [1.165, 1.54) is 0 Å². The molecule has 2 aromatic heterocycles. The number of nitrogen functional groups attached to an aromatic ring is 1. The van der Waals surface area contributed by atoms with Gasteiger partial charge in [-0.3, -0.25) is 4.68 Å². The number of anilines is 1. The fourth-order valence-corrected chi connectivity index (χ4v) is 2.50. The summed E-state index contributed by atoms with van der Waals surface area (Å²) in [7, 11) is 1.93. The lowest BCUT2D eigenvalue weighted by atomic mass is 9.93. The lowest BCUT2D eigenvalue weighted by Gasteiger charge is -2.21. The Morgan fingerprint density at radius 3 is 2.67 bits per heavy atom. The van der Waals surface area contributed by atoms with Crippen LogP contribution in [0.25, 0.3) is 11.3 Å². The molecule has 0 saturated carbocycles. The third kappa shape index (κ3) is 3.58. The highest BCUT2D eigenvalue weighted by atomic mass is 16.5. The molecule has 3 heterocycles. The number of ether oxygens (including phenoxy) is 1. The zero-order valence-electron chi connectivity index (χ0n) is 12.9. The molecule has 1 aliphatic heterocycles. The summed E-state index contributed by atoms with van der Waals surface area (Å²) >= 11 is 0. The Morgan fingerprint density at radius 1 is 1.29 bits per heavy atom. The fourth-order valence-electron chi connectivity index (χ4n) is 2.50. The summed E-state index contributed by atoms with van der Waals surface area (Å²) in [5, 5.41) is 4.60. The molecule has 0 radical (unpaired) electrons. The quantitative estimate of drug-likeness (QED) is 0.918. The predicted molar refractivity (Wildman–Crippen MR) is 82.8 cm³/mol. The molecule has 0 atom stereocenters. The number of nitrogens with zero attached hydrogens (tertiary/aromatic N) is 4. The van der Waals surface area contributed by atoms with E-state index in [4.69, 9.17) is 10.5 Å². The molecule has 6 heteroatoms. The van der Waals surface area contributed by atoms with E-state index >= 15 is 0 Å². The Morgan fingerprint density at radius 2 is 2.00 bits per heavy atom. The van der Waals surface area contributed by atoms with Crippen LogP contribution in [-0.2, 0) is 11.8 Å². The zero-order valence-corrected chi connectivity index (χ0v) is 12.9. The number of rotatable bonds is 2. The average Bonchev–Trinajstić information content (AvgIpc) is 2.92. The minimum atomic E-state index is 0.291. The lowest BCUT2D eigenvalue weighted by molar-refractivity contribution is 0.0845.